The Morgan fingerprint density at radius 1 is 1.00 bits per heavy atom. The number of hydrogen-bond acceptors (Lipinski definition) is 4. The van der Waals surface area contributed by atoms with Crippen molar-refractivity contribution in [2.45, 2.75) is 68.5 Å². The summed E-state index contributed by atoms with van der Waals surface area (Å²) in [6.45, 7) is 0. The van der Waals surface area contributed by atoms with Gasteiger partial charge in [0.2, 0.25) is 10.0 Å². The highest BCUT2D eigenvalue weighted by molar-refractivity contribution is 7.89. The fourth-order valence-corrected chi connectivity index (χ4v) is 4.85. The predicted octanol–water partition coefficient (Wildman–Crippen LogP) is 6.37. The highest BCUT2D eigenvalue weighted by Gasteiger charge is 2.26. The van der Waals surface area contributed by atoms with Crippen LogP contribution in [-0.2, 0) is 26.0 Å². The Hall–Kier alpha value is -2.10. The molecule has 0 aromatic heterocycles. The summed E-state index contributed by atoms with van der Waals surface area (Å²) in [5.41, 5.74) is 1.70. The molecule has 2 rings (SSSR count). The van der Waals surface area contributed by atoms with Crippen molar-refractivity contribution in [1.82, 2.24) is 4.72 Å². The average Bonchev–Trinajstić information content (AvgIpc) is 2.78. The molecule has 0 radical (unpaired) electrons. The van der Waals surface area contributed by atoms with Crippen molar-refractivity contribution >= 4 is 27.6 Å². The van der Waals surface area contributed by atoms with Crippen molar-refractivity contribution < 1.29 is 31.1 Å². The Morgan fingerprint density at radius 2 is 1.65 bits per heavy atom. The van der Waals surface area contributed by atoms with Crippen LogP contribution in [0.15, 0.2) is 53.4 Å². The zero-order valence-electron chi connectivity index (χ0n) is 18.9. The van der Waals surface area contributed by atoms with E-state index in [-0.39, 0.29) is 17.3 Å². The van der Waals surface area contributed by atoms with Crippen LogP contribution < -0.4 is 4.72 Å². The molecule has 2 aromatic carbocycles. The van der Waals surface area contributed by atoms with E-state index in [1.807, 2.05) is 12.1 Å². The van der Waals surface area contributed by atoms with E-state index in [4.69, 9.17) is 11.6 Å². The molecule has 0 bridgehead atoms. The minimum Gasteiger partial charge on any atom is -0.469 e. The first kappa shape index (κ1) is 28.1. The van der Waals surface area contributed by atoms with Gasteiger partial charge in [-0.2, -0.15) is 13.2 Å². The summed E-state index contributed by atoms with van der Waals surface area (Å²) in [5.74, 6) is -0.279. The molecule has 0 aliphatic carbocycles. The maximum absolute atomic E-state index is 12.9. The second kappa shape index (κ2) is 13.1. The Morgan fingerprint density at radius 3 is 2.24 bits per heavy atom. The molecule has 0 aliphatic rings. The Bertz CT molecular complexity index is 1010. The largest absolute Gasteiger partial charge is 0.469 e. The lowest BCUT2D eigenvalue weighted by molar-refractivity contribution is -0.140. The molecule has 1 N–H and O–H groups in total. The van der Waals surface area contributed by atoms with Gasteiger partial charge in [0, 0.05) is 23.9 Å². The van der Waals surface area contributed by atoms with Crippen LogP contribution in [0.25, 0.3) is 0 Å². The number of nitrogens with one attached hydrogen (secondary N) is 1. The zero-order valence-corrected chi connectivity index (χ0v) is 20.5. The molecule has 0 aliphatic heterocycles. The Kier molecular flexibility index (Phi) is 10.9. The summed E-state index contributed by atoms with van der Waals surface area (Å²) < 4.78 is 70.3. The predicted molar refractivity (Wildman–Crippen MR) is 125 cm³/mol. The lowest BCUT2D eigenvalue weighted by Crippen LogP contribution is -2.28. The third kappa shape index (κ3) is 10.0. The number of rotatable bonds is 13. The molecule has 0 fully saturated rings. The third-order valence-corrected chi connectivity index (χ3v) is 7.07. The number of hydrogen-bond donors (Lipinski definition) is 1. The normalized spacial score (nSPS) is 13.0. The minimum atomic E-state index is -4.20. The van der Waals surface area contributed by atoms with Gasteiger partial charge >= 0.3 is 12.1 Å². The van der Waals surface area contributed by atoms with Crippen molar-refractivity contribution in [1.29, 1.82) is 0 Å². The van der Waals surface area contributed by atoms with E-state index >= 15 is 0 Å². The standard InChI is InChI=1S/C24H29ClF3NO4S/c1-33-23(30)8-5-6-18-9-11-19(12-10-18)22(7-3-2-4-17-24(26,27)28)29-34(31,32)21-15-13-20(25)14-16-21/h9-16,22,29H,2-8,17H2,1H3. The van der Waals surface area contributed by atoms with Crippen LogP contribution in [0.1, 0.15) is 62.1 Å². The monoisotopic (exact) mass is 519 g/mol. The average molecular weight is 520 g/mol. The van der Waals surface area contributed by atoms with Crippen molar-refractivity contribution in [2.24, 2.45) is 0 Å². The van der Waals surface area contributed by atoms with Crippen molar-refractivity contribution in [2.75, 3.05) is 7.11 Å². The summed E-state index contributed by atoms with van der Waals surface area (Å²) in [5, 5.41) is 0.406. The van der Waals surface area contributed by atoms with E-state index in [2.05, 4.69) is 9.46 Å². The van der Waals surface area contributed by atoms with Gasteiger partial charge in [0.1, 0.15) is 0 Å². The van der Waals surface area contributed by atoms with E-state index in [0.29, 0.717) is 49.1 Å². The van der Waals surface area contributed by atoms with Gasteiger partial charge < -0.3 is 4.74 Å². The molecular weight excluding hydrogens is 491 g/mol. The van der Waals surface area contributed by atoms with Crippen LogP contribution in [-0.4, -0.2) is 27.7 Å². The molecule has 0 saturated carbocycles. The number of carbonyl (C=O) groups excluding carboxylic acids is 1. The van der Waals surface area contributed by atoms with Gasteiger partial charge in [-0.05, 0) is 61.1 Å². The molecule has 188 valence electrons. The highest BCUT2D eigenvalue weighted by Crippen LogP contribution is 2.27. The molecule has 2 aromatic rings. The first-order valence-electron chi connectivity index (χ1n) is 11.0. The number of methoxy groups -OCH3 is 1. The van der Waals surface area contributed by atoms with Crippen LogP contribution in [0.2, 0.25) is 5.02 Å². The van der Waals surface area contributed by atoms with Gasteiger partial charge in [0.05, 0.1) is 12.0 Å². The number of benzene rings is 2. The zero-order chi connectivity index (χ0) is 25.2. The van der Waals surface area contributed by atoms with Crippen LogP contribution in [0, 0.1) is 0 Å². The number of ether oxygens (including phenoxy) is 1. The van der Waals surface area contributed by atoms with Gasteiger partial charge in [-0.3, -0.25) is 4.79 Å². The van der Waals surface area contributed by atoms with Crippen molar-refractivity contribution in [3.8, 4) is 0 Å². The van der Waals surface area contributed by atoms with E-state index in [1.165, 1.54) is 31.4 Å². The van der Waals surface area contributed by atoms with E-state index in [0.717, 1.165) is 5.56 Å². The number of halogens is 4. The van der Waals surface area contributed by atoms with Crippen molar-refractivity contribution in [3.63, 3.8) is 0 Å². The lowest BCUT2D eigenvalue weighted by Gasteiger charge is -2.20. The quantitative estimate of drug-likeness (QED) is 0.246. The molecule has 0 spiro atoms. The van der Waals surface area contributed by atoms with Gasteiger partial charge in [0.15, 0.2) is 0 Å². The van der Waals surface area contributed by atoms with E-state index in [9.17, 15) is 26.4 Å². The molecule has 0 amide bonds. The SMILES string of the molecule is COC(=O)CCCc1ccc(C(CCCCCC(F)(F)F)NS(=O)(=O)c2ccc(Cl)cc2)cc1. The smallest absolute Gasteiger partial charge is 0.389 e. The molecule has 0 heterocycles. The molecular formula is C24H29ClF3NO4S. The second-order valence-electron chi connectivity index (χ2n) is 8.01. The highest BCUT2D eigenvalue weighted by atomic mass is 35.5. The number of sulfonamides is 1. The number of alkyl halides is 3. The van der Waals surface area contributed by atoms with Crippen LogP contribution in [0.4, 0.5) is 13.2 Å². The molecule has 1 atom stereocenters. The van der Waals surface area contributed by atoms with Crippen molar-refractivity contribution in [3.05, 3.63) is 64.7 Å². The molecule has 10 heteroatoms. The van der Waals surface area contributed by atoms with Crippen LogP contribution >= 0.6 is 11.6 Å². The maximum Gasteiger partial charge on any atom is 0.389 e. The number of unbranched alkanes of at least 4 members (excludes halogenated alkanes) is 2. The summed E-state index contributed by atoms with van der Waals surface area (Å²) in [6, 6.07) is 12.5. The number of esters is 1. The molecule has 0 saturated heterocycles. The summed E-state index contributed by atoms with van der Waals surface area (Å²) in [7, 11) is -2.53. The van der Waals surface area contributed by atoms with E-state index < -0.39 is 28.7 Å². The maximum atomic E-state index is 12.9. The minimum absolute atomic E-state index is 0.000708. The topological polar surface area (TPSA) is 72.5 Å². The van der Waals surface area contributed by atoms with Crippen LogP contribution in [0.3, 0.4) is 0 Å². The first-order valence-corrected chi connectivity index (χ1v) is 12.9. The number of aryl methyl sites for hydroxylation is 1. The molecule has 34 heavy (non-hydrogen) atoms. The molecule has 1 unspecified atom stereocenters. The Labute approximate surface area is 203 Å². The lowest BCUT2D eigenvalue weighted by atomic mass is 9.98. The fraction of sp³-hybridized carbons (Fsp3) is 0.458. The number of carbonyl (C=O) groups is 1. The van der Waals surface area contributed by atoms with E-state index in [1.54, 1.807) is 12.1 Å². The summed E-state index contributed by atoms with van der Waals surface area (Å²) in [4.78, 5) is 11.3. The Balaban J connectivity index is 2.09. The van der Waals surface area contributed by atoms with Gasteiger partial charge in [-0.1, -0.05) is 48.7 Å². The van der Waals surface area contributed by atoms with Gasteiger partial charge in [-0.25, -0.2) is 13.1 Å². The van der Waals surface area contributed by atoms with Crippen LogP contribution in [0.5, 0.6) is 0 Å². The second-order valence-corrected chi connectivity index (χ2v) is 10.2. The van der Waals surface area contributed by atoms with Gasteiger partial charge in [-0.15, -0.1) is 0 Å². The molecule has 5 nitrogen and oxygen atoms in total. The van der Waals surface area contributed by atoms with Gasteiger partial charge in [0.25, 0.3) is 0 Å². The fourth-order valence-electron chi connectivity index (χ4n) is 3.47. The third-order valence-electron chi connectivity index (χ3n) is 5.33. The first-order chi connectivity index (χ1) is 16.0. The summed E-state index contributed by atoms with van der Waals surface area (Å²) in [6.07, 6.45) is -2.33. The summed E-state index contributed by atoms with van der Waals surface area (Å²) >= 11 is 5.85.